The van der Waals surface area contributed by atoms with Gasteiger partial charge in [0.2, 0.25) is 0 Å². The van der Waals surface area contributed by atoms with Crippen molar-refractivity contribution < 1.29 is 19.1 Å². The number of rotatable bonds is 5. The van der Waals surface area contributed by atoms with E-state index in [1.54, 1.807) is 13.8 Å². The topological polar surface area (TPSA) is 81.9 Å². The predicted octanol–water partition coefficient (Wildman–Crippen LogP) is 3.72. The van der Waals surface area contributed by atoms with E-state index >= 15 is 0 Å². The number of carbonyl (C=O) groups is 2. The van der Waals surface area contributed by atoms with Crippen molar-refractivity contribution in [1.29, 1.82) is 0 Å². The number of fused-ring (bicyclic) bond motifs is 1. The Bertz CT molecular complexity index is 757. The molecule has 0 unspecified atom stereocenters. The Hall–Kier alpha value is -2.76. The Morgan fingerprint density at radius 3 is 1.81 bits per heavy atom. The molecule has 1 heterocycles. The van der Waals surface area contributed by atoms with Crippen molar-refractivity contribution in [2.24, 2.45) is 0 Å². The van der Waals surface area contributed by atoms with Crippen molar-refractivity contribution in [2.45, 2.75) is 33.1 Å². The third-order valence-electron chi connectivity index (χ3n) is 4.89. The third kappa shape index (κ3) is 3.70. The molecule has 0 atom stereocenters. The molecule has 6 heteroatoms. The Morgan fingerprint density at radius 2 is 1.37 bits per heavy atom. The zero-order chi connectivity index (χ0) is 19.4. The van der Waals surface area contributed by atoms with Crippen molar-refractivity contribution in [1.82, 2.24) is 0 Å². The summed E-state index contributed by atoms with van der Waals surface area (Å²) >= 11 is 0. The minimum atomic E-state index is -0.527. The molecule has 0 spiro atoms. The van der Waals surface area contributed by atoms with Crippen LogP contribution >= 0.6 is 0 Å². The normalized spacial score (nSPS) is 14.2. The molecule has 0 bridgehead atoms. The molecule has 0 aromatic heterocycles. The highest BCUT2D eigenvalue weighted by Gasteiger charge is 2.30. The SMILES string of the molecule is CCOC(=O)c1c2ccc(N3CCCCC3)ccc-2c(C(=O)OCC)c1N. The molecular weight excluding hydrogens is 344 g/mol. The lowest BCUT2D eigenvalue weighted by Gasteiger charge is -2.28. The van der Waals surface area contributed by atoms with Gasteiger partial charge in [0.15, 0.2) is 0 Å². The minimum absolute atomic E-state index is 0.118. The van der Waals surface area contributed by atoms with Crippen molar-refractivity contribution in [2.75, 3.05) is 36.9 Å². The molecule has 3 rings (SSSR count). The van der Waals surface area contributed by atoms with Gasteiger partial charge in [0.1, 0.15) is 0 Å². The molecule has 2 aliphatic carbocycles. The number of carbonyl (C=O) groups excluding carboxylic acids is 2. The fourth-order valence-corrected chi connectivity index (χ4v) is 3.63. The number of hydrogen-bond acceptors (Lipinski definition) is 6. The van der Waals surface area contributed by atoms with Crippen LogP contribution in [0.25, 0.3) is 11.1 Å². The summed E-state index contributed by atoms with van der Waals surface area (Å²) in [7, 11) is 0. The summed E-state index contributed by atoms with van der Waals surface area (Å²) < 4.78 is 10.3. The van der Waals surface area contributed by atoms with Gasteiger partial charge in [-0.25, -0.2) is 9.59 Å². The second-order valence-electron chi connectivity index (χ2n) is 6.57. The van der Waals surface area contributed by atoms with E-state index in [9.17, 15) is 9.59 Å². The first-order chi connectivity index (χ1) is 13.1. The molecule has 1 saturated heterocycles. The second-order valence-corrected chi connectivity index (χ2v) is 6.57. The summed E-state index contributed by atoms with van der Waals surface area (Å²) in [6, 6.07) is 7.66. The van der Waals surface area contributed by atoms with Gasteiger partial charge in [-0.3, -0.25) is 0 Å². The molecular formula is C21H26N2O4. The molecule has 2 N–H and O–H groups in total. The van der Waals surface area contributed by atoms with E-state index in [1.807, 2.05) is 24.3 Å². The van der Waals surface area contributed by atoms with Crippen LogP contribution in [0.15, 0.2) is 24.3 Å². The monoisotopic (exact) mass is 370 g/mol. The van der Waals surface area contributed by atoms with Crippen molar-refractivity contribution in [3.8, 4) is 11.1 Å². The molecule has 0 aromatic carbocycles. The average Bonchev–Trinajstić information content (AvgIpc) is 2.79. The molecule has 3 aliphatic rings. The smallest absolute Gasteiger partial charge is 0.340 e. The van der Waals surface area contributed by atoms with Gasteiger partial charge >= 0.3 is 11.9 Å². The van der Waals surface area contributed by atoms with Gasteiger partial charge in [-0.15, -0.1) is 0 Å². The van der Waals surface area contributed by atoms with Crippen LogP contribution in [0.1, 0.15) is 53.8 Å². The van der Waals surface area contributed by atoms with Crippen LogP contribution < -0.4 is 10.6 Å². The molecule has 144 valence electrons. The Kier molecular flexibility index (Phi) is 5.84. The number of piperidine rings is 1. The number of hydrogen-bond donors (Lipinski definition) is 1. The second kappa shape index (κ2) is 8.29. The zero-order valence-corrected chi connectivity index (χ0v) is 15.9. The minimum Gasteiger partial charge on any atom is -0.462 e. The van der Waals surface area contributed by atoms with Crippen LogP contribution in [0.2, 0.25) is 0 Å². The van der Waals surface area contributed by atoms with Gasteiger partial charge in [-0.2, -0.15) is 0 Å². The maximum Gasteiger partial charge on any atom is 0.340 e. The van der Waals surface area contributed by atoms with Gasteiger partial charge in [-0.05, 0) is 56.4 Å². The summed E-state index contributed by atoms with van der Waals surface area (Å²) in [5.74, 6) is -1.05. The van der Waals surface area contributed by atoms with Gasteiger partial charge in [-0.1, -0.05) is 12.1 Å². The van der Waals surface area contributed by atoms with Crippen molar-refractivity contribution >= 4 is 23.3 Å². The highest BCUT2D eigenvalue weighted by atomic mass is 16.5. The van der Waals surface area contributed by atoms with Crippen LogP contribution in [-0.2, 0) is 9.47 Å². The lowest BCUT2D eigenvalue weighted by atomic mass is 10.1. The number of nitrogens with zero attached hydrogens (tertiary/aromatic N) is 1. The fourth-order valence-electron chi connectivity index (χ4n) is 3.63. The van der Waals surface area contributed by atoms with E-state index in [2.05, 4.69) is 4.90 Å². The Morgan fingerprint density at radius 1 is 0.889 bits per heavy atom. The highest BCUT2D eigenvalue weighted by Crippen LogP contribution is 2.40. The summed E-state index contributed by atoms with van der Waals surface area (Å²) in [6.45, 7) is 5.95. The van der Waals surface area contributed by atoms with Crippen molar-refractivity contribution in [3.63, 3.8) is 0 Å². The van der Waals surface area contributed by atoms with Crippen LogP contribution in [0, 0.1) is 0 Å². The Balaban J connectivity index is 2.14. The molecule has 1 aliphatic heterocycles. The highest BCUT2D eigenvalue weighted by molar-refractivity contribution is 6.15. The number of anilines is 2. The predicted molar refractivity (Wildman–Crippen MR) is 105 cm³/mol. The van der Waals surface area contributed by atoms with E-state index < -0.39 is 11.9 Å². The summed E-state index contributed by atoms with van der Waals surface area (Å²) in [4.78, 5) is 27.3. The molecule has 0 amide bonds. The number of esters is 2. The van der Waals surface area contributed by atoms with Gasteiger partial charge in [0, 0.05) is 18.8 Å². The first-order valence-electron chi connectivity index (χ1n) is 9.52. The molecule has 0 saturated carbocycles. The molecule has 1 fully saturated rings. The summed E-state index contributed by atoms with van der Waals surface area (Å²) in [6.07, 6.45) is 3.58. The largest absolute Gasteiger partial charge is 0.462 e. The van der Waals surface area contributed by atoms with Crippen LogP contribution in [0.4, 0.5) is 11.4 Å². The van der Waals surface area contributed by atoms with Crippen molar-refractivity contribution in [3.05, 3.63) is 35.4 Å². The van der Waals surface area contributed by atoms with E-state index in [4.69, 9.17) is 15.2 Å². The standard InChI is InChI=1S/C21H26N2O4/c1-3-26-20(24)17-15-10-8-14(23-12-6-5-7-13-23)9-11-16(15)18(19(17)22)21(25)27-4-2/h8-11H,3-7,12-13,22H2,1-2H3. The van der Waals surface area contributed by atoms with E-state index in [1.165, 1.54) is 19.3 Å². The average molecular weight is 370 g/mol. The van der Waals surface area contributed by atoms with Crippen LogP contribution in [0.3, 0.4) is 0 Å². The fraction of sp³-hybridized carbons (Fsp3) is 0.429. The van der Waals surface area contributed by atoms with Crippen LogP contribution in [-0.4, -0.2) is 38.2 Å². The van der Waals surface area contributed by atoms with Gasteiger partial charge in [0.25, 0.3) is 0 Å². The summed E-state index contributed by atoms with van der Waals surface area (Å²) in [5, 5.41) is 0. The lowest BCUT2D eigenvalue weighted by Crippen LogP contribution is -2.28. The quantitative estimate of drug-likeness (QED) is 0.808. The molecule has 0 aromatic rings. The molecule has 27 heavy (non-hydrogen) atoms. The summed E-state index contributed by atoms with van der Waals surface area (Å²) in [5.41, 5.74) is 9.05. The maximum atomic E-state index is 12.5. The van der Waals surface area contributed by atoms with Gasteiger partial charge in [0.05, 0.1) is 30.0 Å². The first kappa shape index (κ1) is 19.0. The number of nitrogen functional groups attached to an aromatic ring is 1. The third-order valence-corrected chi connectivity index (χ3v) is 4.89. The molecule has 6 nitrogen and oxygen atoms in total. The zero-order valence-electron chi connectivity index (χ0n) is 15.9. The van der Waals surface area contributed by atoms with Crippen LogP contribution in [0.5, 0.6) is 0 Å². The van der Waals surface area contributed by atoms with Gasteiger partial charge < -0.3 is 20.1 Å². The number of nitrogens with two attached hydrogens (primary N) is 1. The number of ether oxygens (including phenoxy) is 2. The first-order valence-corrected chi connectivity index (χ1v) is 9.52. The Labute approximate surface area is 159 Å². The lowest BCUT2D eigenvalue weighted by molar-refractivity contribution is 0.0525. The van der Waals surface area contributed by atoms with E-state index in [-0.39, 0.29) is 30.0 Å². The molecule has 0 radical (unpaired) electrons. The van der Waals surface area contributed by atoms with E-state index in [0.29, 0.717) is 11.1 Å². The maximum absolute atomic E-state index is 12.5. The van der Waals surface area contributed by atoms with E-state index in [0.717, 1.165) is 18.8 Å².